The number of halogens is 1. The van der Waals surface area contributed by atoms with Gasteiger partial charge in [0.05, 0.1) is 21.2 Å². The van der Waals surface area contributed by atoms with Crippen LogP contribution in [0.1, 0.15) is 24.2 Å². The lowest BCUT2D eigenvalue weighted by Crippen LogP contribution is -2.31. The van der Waals surface area contributed by atoms with Crippen LogP contribution < -0.4 is 4.31 Å². The fourth-order valence-corrected chi connectivity index (χ4v) is 3.87. The van der Waals surface area contributed by atoms with Gasteiger partial charge in [-0.25, -0.2) is 8.42 Å². The van der Waals surface area contributed by atoms with E-state index in [0.29, 0.717) is 18.8 Å². The average Bonchev–Trinajstić information content (AvgIpc) is 2.62. The van der Waals surface area contributed by atoms with E-state index in [0.717, 1.165) is 0 Å². The second-order valence-corrected chi connectivity index (χ2v) is 7.80. The van der Waals surface area contributed by atoms with Crippen molar-refractivity contribution in [2.24, 2.45) is 0 Å². The summed E-state index contributed by atoms with van der Waals surface area (Å²) < 4.78 is 27.0. The number of rotatable bonds is 6. The molecule has 0 bridgehead atoms. The molecule has 5 nitrogen and oxygen atoms in total. The normalized spacial score (nSPS) is 11.2. The summed E-state index contributed by atoms with van der Waals surface area (Å²) in [5.74, 6) is -0.283. The van der Waals surface area contributed by atoms with Crippen molar-refractivity contribution in [2.75, 3.05) is 24.4 Å². The second kappa shape index (κ2) is 7.89. The Labute approximate surface area is 153 Å². The lowest BCUT2D eigenvalue weighted by molar-refractivity contribution is 0.0773. The van der Waals surface area contributed by atoms with E-state index in [1.165, 1.54) is 29.6 Å². The van der Waals surface area contributed by atoms with E-state index in [-0.39, 0.29) is 21.4 Å². The maximum Gasteiger partial charge on any atom is 0.264 e. The van der Waals surface area contributed by atoms with Crippen LogP contribution in [0.4, 0.5) is 5.69 Å². The highest BCUT2D eigenvalue weighted by molar-refractivity contribution is 7.92. The Morgan fingerprint density at radius 2 is 1.64 bits per heavy atom. The van der Waals surface area contributed by atoms with Crippen molar-refractivity contribution in [3.63, 3.8) is 0 Å². The first kappa shape index (κ1) is 19.3. The molecule has 0 heterocycles. The number of hydrogen-bond acceptors (Lipinski definition) is 3. The molecule has 25 heavy (non-hydrogen) atoms. The molecular formula is C18H21ClN2O3S. The van der Waals surface area contributed by atoms with Gasteiger partial charge in [0.2, 0.25) is 0 Å². The van der Waals surface area contributed by atoms with Crippen LogP contribution in [-0.2, 0) is 10.0 Å². The highest BCUT2D eigenvalue weighted by Gasteiger charge is 2.24. The first-order chi connectivity index (χ1) is 11.8. The van der Waals surface area contributed by atoms with E-state index in [4.69, 9.17) is 11.6 Å². The first-order valence-corrected chi connectivity index (χ1v) is 9.77. The second-order valence-electron chi connectivity index (χ2n) is 5.43. The van der Waals surface area contributed by atoms with E-state index in [2.05, 4.69) is 0 Å². The number of carbonyl (C=O) groups is 1. The number of carbonyl (C=O) groups excluding carboxylic acids is 1. The number of amides is 1. The van der Waals surface area contributed by atoms with Crippen LogP contribution in [0.15, 0.2) is 53.4 Å². The molecule has 0 N–H and O–H groups in total. The quantitative estimate of drug-likeness (QED) is 0.768. The van der Waals surface area contributed by atoms with Crippen molar-refractivity contribution in [3.05, 3.63) is 59.1 Å². The molecule has 1 amide bonds. The average molecular weight is 381 g/mol. The summed E-state index contributed by atoms with van der Waals surface area (Å²) in [6, 6.07) is 13.0. The molecule has 7 heteroatoms. The number of benzene rings is 2. The minimum atomic E-state index is -3.80. The molecule has 0 atom stereocenters. The minimum Gasteiger partial charge on any atom is -0.339 e. The van der Waals surface area contributed by atoms with Gasteiger partial charge in [0.25, 0.3) is 15.9 Å². The van der Waals surface area contributed by atoms with Gasteiger partial charge in [-0.05, 0) is 44.2 Å². The lowest BCUT2D eigenvalue weighted by atomic mass is 10.2. The van der Waals surface area contributed by atoms with Crippen molar-refractivity contribution in [3.8, 4) is 0 Å². The van der Waals surface area contributed by atoms with Crippen LogP contribution in [0.3, 0.4) is 0 Å². The van der Waals surface area contributed by atoms with Gasteiger partial charge in [-0.1, -0.05) is 29.8 Å². The summed E-state index contributed by atoms with van der Waals surface area (Å²) >= 11 is 6.14. The summed E-state index contributed by atoms with van der Waals surface area (Å²) in [5.41, 5.74) is 0.724. The molecule has 0 aliphatic rings. The molecule has 2 aromatic carbocycles. The van der Waals surface area contributed by atoms with Crippen LogP contribution in [-0.4, -0.2) is 39.4 Å². The van der Waals surface area contributed by atoms with Crippen molar-refractivity contribution in [2.45, 2.75) is 18.7 Å². The van der Waals surface area contributed by atoms with Gasteiger partial charge in [0.15, 0.2) is 0 Å². The summed E-state index contributed by atoms with van der Waals surface area (Å²) in [6.45, 7) is 4.76. The molecule has 0 unspecified atom stereocenters. The molecule has 0 aliphatic heterocycles. The third kappa shape index (κ3) is 3.96. The van der Waals surface area contributed by atoms with Crippen molar-refractivity contribution < 1.29 is 13.2 Å². The predicted octanol–water partition coefficient (Wildman–Crippen LogP) is 3.65. The van der Waals surface area contributed by atoms with E-state index in [1.54, 1.807) is 29.2 Å². The van der Waals surface area contributed by atoms with Gasteiger partial charge < -0.3 is 4.90 Å². The Balaban J connectivity index is 2.46. The van der Waals surface area contributed by atoms with Crippen LogP contribution in [0, 0.1) is 0 Å². The third-order valence-electron chi connectivity index (χ3n) is 4.00. The molecular weight excluding hydrogens is 360 g/mol. The zero-order valence-electron chi connectivity index (χ0n) is 14.4. The van der Waals surface area contributed by atoms with E-state index in [1.807, 2.05) is 19.9 Å². The Morgan fingerprint density at radius 1 is 1.04 bits per heavy atom. The van der Waals surface area contributed by atoms with E-state index in [9.17, 15) is 13.2 Å². The molecule has 2 rings (SSSR count). The molecule has 0 radical (unpaired) electrons. The molecule has 2 aromatic rings. The van der Waals surface area contributed by atoms with Crippen molar-refractivity contribution in [1.29, 1.82) is 0 Å². The number of hydrogen-bond donors (Lipinski definition) is 0. The molecule has 134 valence electrons. The molecule has 0 spiro atoms. The highest BCUT2D eigenvalue weighted by atomic mass is 35.5. The Hall–Kier alpha value is -2.05. The Morgan fingerprint density at radius 3 is 2.20 bits per heavy atom. The molecule has 0 saturated heterocycles. The van der Waals surface area contributed by atoms with Gasteiger partial charge in [-0.3, -0.25) is 9.10 Å². The van der Waals surface area contributed by atoms with Gasteiger partial charge in [-0.15, -0.1) is 0 Å². The summed E-state index contributed by atoms with van der Waals surface area (Å²) in [7, 11) is -2.32. The van der Waals surface area contributed by atoms with Crippen LogP contribution in [0.25, 0.3) is 0 Å². The number of anilines is 1. The van der Waals surface area contributed by atoms with Gasteiger partial charge >= 0.3 is 0 Å². The van der Waals surface area contributed by atoms with Gasteiger partial charge in [0, 0.05) is 20.1 Å². The monoisotopic (exact) mass is 380 g/mol. The maximum absolute atomic E-state index is 12.9. The predicted molar refractivity (Wildman–Crippen MR) is 101 cm³/mol. The number of nitrogens with zero attached hydrogens (tertiary/aromatic N) is 2. The fraction of sp³-hybridized carbons (Fsp3) is 0.278. The zero-order chi connectivity index (χ0) is 18.6. The third-order valence-corrected chi connectivity index (χ3v) is 6.11. The number of sulfonamides is 1. The zero-order valence-corrected chi connectivity index (χ0v) is 16.0. The van der Waals surface area contributed by atoms with E-state index >= 15 is 0 Å². The molecule has 0 aliphatic carbocycles. The molecule has 0 aromatic heterocycles. The van der Waals surface area contributed by atoms with E-state index < -0.39 is 10.0 Å². The first-order valence-electron chi connectivity index (χ1n) is 7.95. The Kier molecular flexibility index (Phi) is 6.08. The van der Waals surface area contributed by atoms with Crippen LogP contribution in [0.5, 0.6) is 0 Å². The van der Waals surface area contributed by atoms with Crippen molar-refractivity contribution in [1.82, 2.24) is 4.90 Å². The standard InChI is InChI=1S/C18H21ClN2O3S/c1-4-21(5-2)18(22)16-13-15(11-12-17(16)19)25(23,24)20(3)14-9-7-6-8-10-14/h6-13H,4-5H2,1-3H3. The Bertz CT molecular complexity index is 850. The van der Waals surface area contributed by atoms with Crippen LogP contribution in [0.2, 0.25) is 5.02 Å². The number of para-hydroxylation sites is 1. The smallest absolute Gasteiger partial charge is 0.264 e. The van der Waals surface area contributed by atoms with Gasteiger partial charge in [-0.2, -0.15) is 0 Å². The van der Waals surface area contributed by atoms with Crippen LogP contribution >= 0.6 is 11.6 Å². The van der Waals surface area contributed by atoms with Gasteiger partial charge in [0.1, 0.15) is 0 Å². The summed E-state index contributed by atoms with van der Waals surface area (Å²) in [4.78, 5) is 14.2. The highest BCUT2D eigenvalue weighted by Crippen LogP contribution is 2.26. The lowest BCUT2D eigenvalue weighted by Gasteiger charge is -2.22. The minimum absolute atomic E-state index is 0.0266. The molecule has 0 saturated carbocycles. The maximum atomic E-state index is 12.9. The van der Waals surface area contributed by atoms with Crippen molar-refractivity contribution >= 4 is 33.2 Å². The summed E-state index contributed by atoms with van der Waals surface area (Å²) in [6.07, 6.45) is 0. The molecule has 0 fully saturated rings. The SMILES string of the molecule is CCN(CC)C(=O)c1cc(S(=O)(=O)N(C)c2ccccc2)ccc1Cl. The largest absolute Gasteiger partial charge is 0.339 e. The topological polar surface area (TPSA) is 57.7 Å². The fourth-order valence-electron chi connectivity index (χ4n) is 2.44. The summed E-state index contributed by atoms with van der Waals surface area (Å²) in [5, 5.41) is 0.234.